The first-order valence-corrected chi connectivity index (χ1v) is 43.7. The highest BCUT2D eigenvalue weighted by atomic mass is 14.9. The maximum absolute atomic E-state index is 5.22. The van der Waals surface area contributed by atoms with Crippen molar-refractivity contribution in [1.82, 2.24) is 39.9 Å². The van der Waals surface area contributed by atoms with Gasteiger partial charge in [-0.3, -0.25) is 0 Å². The smallest absolute Gasteiger partial charge is 0.160 e. The van der Waals surface area contributed by atoms with E-state index in [9.17, 15) is 0 Å². The van der Waals surface area contributed by atoms with Crippen molar-refractivity contribution in [1.29, 1.82) is 0 Å². The van der Waals surface area contributed by atoms with Gasteiger partial charge in [0.25, 0.3) is 0 Å². The number of benzene rings is 16. The first-order valence-electron chi connectivity index (χ1n) is 43.7. The molecule has 126 heavy (non-hydrogen) atoms. The molecule has 0 aliphatic carbocycles. The van der Waals surface area contributed by atoms with Crippen LogP contribution in [0.4, 0.5) is 0 Å². The van der Waals surface area contributed by atoms with Crippen LogP contribution in [0.2, 0.25) is 0 Å². The van der Waals surface area contributed by atoms with Gasteiger partial charge >= 0.3 is 0 Å². The Morgan fingerprint density at radius 3 is 0.595 bits per heavy atom. The maximum Gasteiger partial charge on any atom is 0.160 e. The third-order valence-electron chi connectivity index (χ3n) is 25.1. The molecule has 0 aliphatic rings. The fraction of sp³-hybridized carbons (Fsp3) is 0.0847. The molecule has 20 aromatic rings. The van der Waals surface area contributed by atoms with Crippen LogP contribution in [0, 0.1) is 0 Å². The van der Waals surface area contributed by atoms with Gasteiger partial charge in [0.15, 0.2) is 23.3 Å². The second kappa shape index (κ2) is 36.2. The number of nitrogens with zero attached hydrogens (tertiary/aromatic N) is 8. The molecule has 0 spiro atoms. The van der Waals surface area contributed by atoms with E-state index in [1.165, 1.54) is 66.1 Å². The van der Waals surface area contributed by atoms with Crippen molar-refractivity contribution in [3.63, 3.8) is 0 Å². The molecule has 4 aromatic heterocycles. The molecule has 0 saturated heterocycles. The van der Waals surface area contributed by atoms with Gasteiger partial charge in [0.05, 0.1) is 45.6 Å². The van der Waals surface area contributed by atoms with E-state index in [1.807, 2.05) is 36.4 Å². The molecule has 0 radical (unpaired) electrons. The second-order valence-electron chi connectivity index (χ2n) is 32.1. The van der Waals surface area contributed by atoms with Crippen LogP contribution in [0.5, 0.6) is 0 Å². The summed E-state index contributed by atoms with van der Waals surface area (Å²) in [5.41, 5.74) is 29.0. The van der Waals surface area contributed by atoms with Gasteiger partial charge in [-0.25, -0.2) is 39.9 Å². The Labute approximate surface area is 737 Å². The highest BCUT2D eigenvalue weighted by Gasteiger charge is 2.33. The fourth-order valence-corrected chi connectivity index (χ4v) is 17.9. The van der Waals surface area contributed by atoms with Gasteiger partial charge in [0.2, 0.25) is 0 Å². The lowest BCUT2D eigenvalue weighted by Crippen LogP contribution is -2.26. The summed E-state index contributed by atoms with van der Waals surface area (Å²) in [5.74, 6) is 2.82. The van der Waals surface area contributed by atoms with Crippen molar-refractivity contribution < 1.29 is 0 Å². The molecule has 20 rings (SSSR count). The van der Waals surface area contributed by atoms with E-state index in [0.717, 1.165) is 138 Å². The van der Waals surface area contributed by atoms with Crippen molar-refractivity contribution >= 4 is 21.5 Å². The van der Waals surface area contributed by atoms with Gasteiger partial charge in [0, 0.05) is 77.6 Å². The minimum atomic E-state index is -0.201. The zero-order valence-corrected chi connectivity index (χ0v) is 71.0. The zero-order chi connectivity index (χ0) is 85.2. The average Bonchev–Trinajstić information content (AvgIpc) is 0.771. The third kappa shape index (κ3) is 16.6. The van der Waals surface area contributed by atoms with Gasteiger partial charge in [-0.05, 0) is 116 Å². The molecule has 16 aromatic carbocycles. The Bertz CT molecular complexity index is 6710. The molecule has 8 heteroatoms. The number of hydrogen-bond donors (Lipinski definition) is 0. The summed E-state index contributed by atoms with van der Waals surface area (Å²) in [6.45, 7) is 9.15. The first kappa shape index (κ1) is 80.1. The monoisotopic (exact) mass is 1620 g/mol. The minimum absolute atomic E-state index is 0.196. The predicted octanol–water partition coefficient (Wildman–Crippen LogP) is 30.4. The zero-order valence-electron chi connectivity index (χ0n) is 71.0. The van der Waals surface area contributed by atoms with Gasteiger partial charge in [-0.2, -0.15) is 0 Å². The Kier molecular flexibility index (Phi) is 23.0. The van der Waals surface area contributed by atoms with Crippen molar-refractivity contribution in [3.05, 3.63) is 459 Å². The molecule has 0 unspecified atom stereocenters. The molecule has 0 fully saturated rings. The Morgan fingerprint density at radius 1 is 0.159 bits per heavy atom. The average molecular weight is 1620 g/mol. The molecule has 0 aliphatic heterocycles. The molecule has 4 heterocycles. The van der Waals surface area contributed by atoms with Crippen LogP contribution in [-0.2, 0) is 10.8 Å². The van der Waals surface area contributed by atoms with E-state index >= 15 is 0 Å². The highest BCUT2D eigenvalue weighted by Crippen LogP contribution is 2.45. The molecule has 0 saturated carbocycles. The third-order valence-corrected chi connectivity index (χ3v) is 25.1. The van der Waals surface area contributed by atoms with E-state index in [4.69, 9.17) is 39.9 Å². The van der Waals surface area contributed by atoms with Crippen LogP contribution < -0.4 is 0 Å². The van der Waals surface area contributed by atoms with Crippen molar-refractivity contribution in [2.45, 2.75) is 64.2 Å². The minimum Gasteiger partial charge on any atom is -0.228 e. The van der Waals surface area contributed by atoms with Crippen LogP contribution >= 0.6 is 0 Å². The lowest BCUT2D eigenvalue weighted by atomic mass is 9.70. The predicted molar refractivity (Wildman–Crippen MR) is 522 cm³/mol. The molecule has 0 bridgehead atoms. The van der Waals surface area contributed by atoms with Crippen LogP contribution in [0.3, 0.4) is 0 Å². The summed E-state index contributed by atoms with van der Waals surface area (Å²) in [4.78, 5) is 41.4. The summed E-state index contributed by atoms with van der Waals surface area (Å²) < 4.78 is 0. The van der Waals surface area contributed by atoms with Gasteiger partial charge < -0.3 is 0 Å². The Morgan fingerprint density at radius 2 is 0.341 bits per heavy atom. The summed E-state index contributed by atoms with van der Waals surface area (Å²) in [6, 6.07) is 154. The molecule has 604 valence electrons. The van der Waals surface area contributed by atoms with E-state index in [1.54, 1.807) is 0 Å². The normalized spacial score (nSPS) is 11.5. The topological polar surface area (TPSA) is 103 Å². The van der Waals surface area contributed by atoms with Crippen LogP contribution in [0.15, 0.2) is 437 Å². The van der Waals surface area contributed by atoms with Crippen LogP contribution in [-0.4, -0.2) is 39.9 Å². The van der Waals surface area contributed by atoms with Crippen molar-refractivity contribution in [2.75, 3.05) is 0 Å². The van der Waals surface area contributed by atoms with E-state index in [0.29, 0.717) is 23.3 Å². The Balaban J connectivity index is 0.000000165. The summed E-state index contributed by atoms with van der Waals surface area (Å²) in [6.07, 6.45) is 3.76. The van der Waals surface area contributed by atoms with Crippen LogP contribution in [0.1, 0.15) is 75.6 Å². The lowest BCUT2D eigenvalue weighted by Gasteiger charge is -2.33. The second-order valence-corrected chi connectivity index (χ2v) is 32.1. The number of rotatable bonds is 22. The van der Waals surface area contributed by atoms with Crippen molar-refractivity contribution in [2.24, 2.45) is 0 Å². The number of aromatic nitrogens is 8. The van der Waals surface area contributed by atoms with Crippen molar-refractivity contribution in [3.8, 4) is 158 Å². The first-order chi connectivity index (χ1) is 62.2. The highest BCUT2D eigenvalue weighted by molar-refractivity contribution is 5.98. The lowest BCUT2D eigenvalue weighted by molar-refractivity contribution is 0.478. The summed E-state index contributed by atoms with van der Waals surface area (Å²) >= 11 is 0. The molecule has 8 nitrogen and oxygen atoms in total. The molecular formula is C118H92N8. The number of hydrogen-bond acceptors (Lipinski definition) is 8. The van der Waals surface area contributed by atoms with Gasteiger partial charge in [0.1, 0.15) is 0 Å². The van der Waals surface area contributed by atoms with Crippen LogP contribution in [0.25, 0.3) is 179 Å². The summed E-state index contributed by atoms with van der Waals surface area (Å²) in [7, 11) is 0. The van der Waals surface area contributed by atoms with E-state index in [-0.39, 0.29) is 10.8 Å². The maximum atomic E-state index is 5.22. The SMILES string of the molecule is CCC(CC)(c1ccc(-c2nc(-c3ccccc3)cc(-c3ccc(-c4ccccc4)cc3)n2)cc1)c1ccc(-c2nc(-c3ccccc3)cc(-c3ccc(-c4ccccc4)cc3)n2)cc1.CCC(CC)(c1ccc(-c2nc(-c3ccccc3)cc(-c3cccc4ccccc34)n2)cc1)c1ccc(-c2nc(-c3ccccc3)cc(-c3cccc4ccccc34)n2)cc1. The fourth-order valence-electron chi connectivity index (χ4n) is 17.9. The molecular weight excluding hydrogens is 1530 g/mol. The standard InChI is InChI=1S/C61H48N4.C57H44N4/c1-3-61(4-2,53-37-33-51(34-38-53)59-62-55(47-21-13-7-14-22-47)41-57(64-59)49-29-25-45(26-30-49)43-17-9-5-10-18-43)54-39-35-52(36-40-54)60-63-56(48-23-15-8-16-24-48)42-58(65-60)50-31-27-46(28-32-50)44-19-11-6-12-20-44;1-3-57(4-2,45-33-29-43(30-34-45)55-58-51(41-19-7-5-8-20-41)37-53(60-55)49-27-15-23-39-17-11-13-25-47(39)49)46-35-31-44(32-36-46)56-59-52(42-21-9-6-10-22-42)38-54(61-56)50-28-16-24-40-18-12-14-26-48(40)50/h5-42H,3-4H2,1-2H3;5-38H,3-4H2,1-2H3. The van der Waals surface area contributed by atoms with E-state index < -0.39 is 0 Å². The van der Waals surface area contributed by atoms with Gasteiger partial charge in [-0.1, -0.05) is 440 Å². The summed E-state index contributed by atoms with van der Waals surface area (Å²) in [5, 5.41) is 4.72. The number of fused-ring (bicyclic) bond motifs is 2. The quantitative estimate of drug-likeness (QED) is 0.0661. The Hall–Kier alpha value is -15.6. The largest absolute Gasteiger partial charge is 0.228 e. The van der Waals surface area contributed by atoms with E-state index in [2.05, 4.69) is 428 Å². The molecule has 0 atom stereocenters. The van der Waals surface area contributed by atoms with Gasteiger partial charge in [-0.15, -0.1) is 0 Å². The molecule has 0 amide bonds. The molecule has 0 N–H and O–H groups in total.